The minimum absolute atomic E-state index is 0.472. The third kappa shape index (κ3) is 2.33. The summed E-state index contributed by atoms with van der Waals surface area (Å²) >= 11 is 0. The molecular weight excluding hydrogens is 144 g/mol. The number of hydrogen-bond acceptors (Lipinski definition) is 6. The molecule has 0 aliphatic carbocycles. The molecule has 0 spiro atoms. The van der Waals surface area contributed by atoms with Crippen LogP contribution in [-0.4, -0.2) is 22.6 Å². The van der Waals surface area contributed by atoms with Gasteiger partial charge in [-0.25, -0.2) is 5.43 Å². The number of hydrogen-bond donors (Lipinski definition) is 2. The van der Waals surface area contributed by atoms with E-state index in [1.54, 1.807) is 0 Å². The van der Waals surface area contributed by atoms with Gasteiger partial charge in [-0.05, 0) is 0 Å². The van der Waals surface area contributed by atoms with Gasteiger partial charge in [0.15, 0.2) is 0 Å². The van der Waals surface area contributed by atoms with Gasteiger partial charge in [0, 0.05) is 0 Å². The van der Waals surface area contributed by atoms with E-state index >= 15 is 0 Å². The molecule has 0 aromatic carbocycles. The molecule has 0 amide bonds. The molecule has 0 heterocycles. The fraction of sp³-hybridized carbons (Fsp3) is 1.00. The second-order valence-electron chi connectivity index (χ2n) is 1.46. The molecule has 0 saturated carbocycles. The molecule has 8 heteroatoms. The monoisotopic (exact) mass is 150 g/mol. The number of nitrogens with two attached hydrogens (primary N) is 1. The van der Waals surface area contributed by atoms with Crippen LogP contribution >= 0.6 is 0 Å². The minimum atomic E-state index is -1.86. The van der Waals surface area contributed by atoms with Crippen molar-refractivity contribution in [1.82, 2.24) is 5.43 Å². The summed E-state index contributed by atoms with van der Waals surface area (Å²) in [4.78, 5) is 17.6. The molecule has 0 fully saturated rings. The fourth-order valence-corrected chi connectivity index (χ4v) is 0.331. The Morgan fingerprint density at radius 3 is 1.90 bits per heavy atom. The molecule has 3 N–H and O–H groups in total. The average molecular weight is 150 g/mol. The second kappa shape index (κ2) is 3.69. The molecular formula is C2H6N4O4. The molecule has 0 aromatic rings. The number of nitrogens with zero attached hydrogens (tertiary/aromatic N) is 2. The quantitative estimate of drug-likeness (QED) is 0.213. The molecule has 58 valence electrons. The standard InChI is InChI=1S/C2H6N4O4/c3-4-1-2(5(7)8)6(9)10/h2,4H,1,3H2. The molecule has 0 aromatic heterocycles. The molecule has 0 rings (SSSR count). The van der Waals surface area contributed by atoms with Gasteiger partial charge in [-0.2, -0.15) is 0 Å². The molecule has 8 nitrogen and oxygen atoms in total. The zero-order valence-corrected chi connectivity index (χ0v) is 4.89. The van der Waals surface area contributed by atoms with Crippen molar-refractivity contribution in [2.45, 2.75) is 6.17 Å². The Balaban J connectivity index is 3.98. The van der Waals surface area contributed by atoms with Crippen LogP contribution in [0.15, 0.2) is 0 Å². The lowest BCUT2D eigenvalue weighted by molar-refractivity contribution is -0.739. The molecule has 0 aliphatic heterocycles. The Morgan fingerprint density at radius 2 is 1.80 bits per heavy atom. The number of hydrazine groups is 1. The summed E-state index contributed by atoms with van der Waals surface area (Å²) in [5, 5.41) is 19.6. The van der Waals surface area contributed by atoms with Crippen molar-refractivity contribution in [3.05, 3.63) is 20.2 Å². The Labute approximate surface area is 55.3 Å². The third-order valence-corrected chi connectivity index (χ3v) is 0.787. The topological polar surface area (TPSA) is 124 Å². The lowest BCUT2D eigenvalue weighted by Gasteiger charge is -1.98. The highest BCUT2D eigenvalue weighted by atomic mass is 16.7. The van der Waals surface area contributed by atoms with Gasteiger partial charge in [0.25, 0.3) is 0 Å². The molecule has 0 bridgehead atoms. The van der Waals surface area contributed by atoms with Gasteiger partial charge >= 0.3 is 6.17 Å². The Bertz CT molecular complexity index is 132. The van der Waals surface area contributed by atoms with Gasteiger partial charge in [0.1, 0.15) is 6.54 Å². The van der Waals surface area contributed by atoms with Crippen LogP contribution < -0.4 is 11.3 Å². The van der Waals surface area contributed by atoms with Crippen LogP contribution in [0.1, 0.15) is 0 Å². The van der Waals surface area contributed by atoms with Crippen LogP contribution in [0.5, 0.6) is 0 Å². The maximum atomic E-state index is 9.80. The van der Waals surface area contributed by atoms with Crippen LogP contribution in [0.4, 0.5) is 0 Å². The van der Waals surface area contributed by atoms with E-state index in [0.717, 1.165) is 0 Å². The first-order chi connectivity index (χ1) is 4.59. The van der Waals surface area contributed by atoms with Crippen molar-refractivity contribution in [2.24, 2.45) is 5.84 Å². The van der Waals surface area contributed by atoms with Gasteiger partial charge < -0.3 is 0 Å². The Hall–Kier alpha value is -1.28. The normalized spacial score (nSPS) is 9.80. The van der Waals surface area contributed by atoms with Gasteiger partial charge in [0.05, 0.1) is 9.85 Å². The summed E-state index contributed by atoms with van der Waals surface area (Å²) < 4.78 is 0. The highest BCUT2D eigenvalue weighted by molar-refractivity contribution is 4.41. The summed E-state index contributed by atoms with van der Waals surface area (Å²) in [5.74, 6) is 4.65. The molecule has 0 aliphatic rings. The predicted octanol–water partition coefficient (Wildman–Crippen LogP) is -1.67. The lowest BCUT2D eigenvalue weighted by atomic mass is 10.5. The average Bonchev–Trinajstić information content (AvgIpc) is 1.81. The van der Waals surface area contributed by atoms with Crippen LogP contribution in [-0.2, 0) is 0 Å². The van der Waals surface area contributed by atoms with Gasteiger partial charge in [-0.3, -0.25) is 26.1 Å². The zero-order valence-electron chi connectivity index (χ0n) is 4.89. The van der Waals surface area contributed by atoms with Crippen LogP contribution in [0.25, 0.3) is 0 Å². The van der Waals surface area contributed by atoms with E-state index in [4.69, 9.17) is 0 Å². The van der Waals surface area contributed by atoms with Crippen molar-refractivity contribution < 1.29 is 9.85 Å². The van der Waals surface area contributed by atoms with E-state index in [-0.39, 0.29) is 0 Å². The summed E-state index contributed by atoms with van der Waals surface area (Å²) in [7, 11) is 0. The van der Waals surface area contributed by atoms with Crippen LogP contribution in [0.2, 0.25) is 0 Å². The predicted molar refractivity (Wildman–Crippen MR) is 30.0 cm³/mol. The van der Waals surface area contributed by atoms with Crippen LogP contribution in [0, 0.1) is 20.2 Å². The van der Waals surface area contributed by atoms with Gasteiger partial charge in [-0.1, -0.05) is 0 Å². The first kappa shape index (κ1) is 8.72. The van der Waals surface area contributed by atoms with E-state index < -0.39 is 22.6 Å². The summed E-state index contributed by atoms with van der Waals surface area (Å²) in [6.07, 6.45) is -1.86. The first-order valence-electron chi connectivity index (χ1n) is 2.30. The number of nitrogens with one attached hydrogen (secondary N) is 1. The smallest absolute Gasteiger partial charge is 0.271 e. The summed E-state index contributed by atoms with van der Waals surface area (Å²) in [6.45, 7) is -0.472. The highest BCUT2D eigenvalue weighted by Crippen LogP contribution is 1.87. The zero-order chi connectivity index (χ0) is 8.15. The fourth-order valence-electron chi connectivity index (χ4n) is 0.331. The minimum Gasteiger partial charge on any atom is -0.271 e. The Morgan fingerprint density at radius 1 is 1.40 bits per heavy atom. The second-order valence-corrected chi connectivity index (χ2v) is 1.46. The largest absolute Gasteiger partial charge is 0.464 e. The van der Waals surface area contributed by atoms with Crippen molar-refractivity contribution in [1.29, 1.82) is 0 Å². The maximum Gasteiger partial charge on any atom is 0.464 e. The van der Waals surface area contributed by atoms with E-state index in [2.05, 4.69) is 5.84 Å². The van der Waals surface area contributed by atoms with E-state index in [1.165, 1.54) is 0 Å². The SMILES string of the molecule is NNCC([N+](=O)[O-])[N+](=O)[O-]. The molecule has 10 heavy (non-hydrogen) atoms. The molecule has 0 atom stereocenters. The maximum absolute atomic E-state index is 9.80. The van der Waals surface area contributed by atoms with Crippen molar-refractivity contribution in [3.8, 4) is 0 Å². The summed E-state index contributed by atoms with van der Waals surface area (Å²) in [6, 6.07) is 0. The van der Waals surface area contributed by atoms with E-state index in [9.17, 15) is 20.2 Å². The van der Waals surface area contributed by atoms with Crippen molar-refractivity contribution in [2.75, 3.05) is 6.54 Å². The van der Waals surface area contributed by atoms with Gasteiger partial charge in [0.2, 0.25) is 0 Å². The number of rotatable bonds is 4. The van der Waals surface area contributed by atoms with Crippen molar-refractivity contribution >= 4 is 0 Å². The molecule has 0 radical (unpaired) electrons. The molecule has 0 unspecified atom stereocenters. The number of nitro groups is 2. The van der Waals surface area contributed by atoms with Crippen molar-refractivity contribution in [3.63, 3.8) is 0 Å². The first-order valence-corrected chi connectivity index (χ1v) is 2.30. The Kier molecular flexibility index (Phi) is 3.22. The van der Waals surface area contributed by atoms with E-state index in [1.807, 2.05) is 5.43 Å². The van der Waals surface area contributed by atoms with E-state index in [0.29, 0.717) is 0 Å². The van der Waals surface area contributed by atoms with Crippen LogP contribution in [0.3, 0.4) is 0 Å². The lowest BCUT2D eigenvalue weighted by Crippen LogP contribution is -2.41. The third-order valence-electron chi connectivity index (χ3n) is 0.787. The highest BCUT2D eigenvalue weighted by Gasteiger charge is 2.30. The summed E-state index contributed by atoms with van der Waals surface area (Å²) in [5.41, 5.74) is 1.85. The molecule has 0 saturated heterocycles. The van der Waals surface area contributed by atoms with Gasteiger partial charge in [-0.15, -0.1) is 0 Å².